The predicted molar refractivity (Wildman–Crippen MR) is 79.7 cm³/mol. The van der Waals surface area contributed by atoms with E-state index in [1.54, 1.807) is 11.3 Å². The van der Waals surface area contributed by atoms with Gasteiger partial charge in [0.15, 0.2) is 6.29 Å². The molecule has 1 saturated heterocycles. The minimum absolute atomic E-state index is 0.0169. The molecule has 2 aromatic rings. The standard InChI is InChI=1S/C15H20N2O2S/c1-2-10-18-14(6-1)19-11-4-8-17-9-7-16-15(17)13-5-3-12-20-13/h3,5,7,9,12,14H,1-2,4,6,8,10-11H2/t14-/m1/s1. The Morgan fingerprint density at radius 2 is 2.45 bits per heavy atom. The number of thiophene rings is 1. The molecule has 4 nitrogen and oxygen atoms in total. The lowest BCUT2D eigenvalue weighted by atomic mass is 10.2. The lowest BCUT2D eigenvalue weighted by Gasteiger charge is -2.22. The quantitative estimate of drug-likeness (QED) is 0.764. The molecule has 5 heteroatoms. The molecular formula is C15H20N2O2S. The van der Waals surface area contributed by atoms with Crippen molar-refractivity contribution in [1.29, 1.82) is 0 Å². The van der Waals surface area contributed by atoms with Gasteiger partial charge in [0.1, 0.15) is 5.82 Å². The van der Waals surface area contributed by atoms with E-state index in [0.717, 1.165) is 38.4 Å². The van der Waals surface area contributed by atoms with E-state index in [1.165, 1.54) is 17.7 Å². The monoisotopic (exact) mass is 292 g/mol. The number of ether oxygens (including phenoxy) is 2. The molecule has 0 saturated carbocycles. The van der Waals surface area contributed by atoms with Gasteiger partial charge in [0.2, 0.25) is 0 Å². The van der Waals surface area contributed by atoms with Crippen LogP contribution in [0.5, 0.6) is 0 Å². The summed E-state index contributed by atoms with van der Waals surface area (Å²) < 4.78 is 13.5. The minimum atomic E-state index is 0.0169. The zero-order valence-electron chi connectivity index (χ0n) is 11.5. The van der Waals surface area contributed by atoms with Gasteiger partial charge in [-0.3, -0.25) is 0 Å². The highest BCUT2D eigenvalue weighted by Gasteiger charge is 2.13. The van der Waals surface area contributed by atoms with Gasteiger partial charge in [-0.15, -0.1) is 11.3 Å². The second-order valence-electron chi connectivity index (χ2n) is 4.94. The van der Waals surface area contributed by atoms with E-state index in [0.29, 0.717) is 0 Å². The first-order valence-corrected chi connectivity index (χ1v) is 8.09. The van der Waals surface area contributed by atoms with E-state index in [1.807, 2.05) is 12.4 Å². The van der Waals surface area contributed by atoms with Crippen LogP contribution in [-0.2, 0) is 16.0 Å². The van der Waals surface area contributed by atoms with Crippen LogP contribution in [-0.4, -0.2) is 29.1 Å². The van der Waals surface area contributed by atoms with Crippen molar-refractivity contribution < 1.29 is 9.47 Å². The zero-order valence-corrected chi connectivity index (χ0v) is 12.3. The number of aromatic nitrogens is 2. The van der Waals surface area contributed by atoms with Gasteiger partial charge in [-0.2, -0.15) is 0 Å². The second-order valence-corrected chi connectivity index (χ2v) is 5.89. The van der Waals surface area contributed by atoms with Gasteiger partial charge in [-0.25, -0.2) is 4.98 Å². The third-order valence-corrected chi connectivity index (χ3v) is 4.31. The van der Waals surface area contributed by atoms with Gasteiger partial charge in [-0.05, 0) is 37.1 Å². The fourth-order valence-electron chi connectivity index (χ4n) is 2.41. The number of nitrogens with zero attached hydrogens (tertiary/aromatic N) is 2. The minimum Gasteiger partial charge on any atom is -0.353 e. The van der Waals surface area contributed by atoms with Crippen molar-refractivity contribution in [2.75, 3.05) is 13.2 Å². The average Bonchev–Trinajstić information content (AvgIpc) is 3.15. The molecule has 1 aliphatic rings. The lowest BCUT2D eigenvalue weighted by Crippen LogP contribution is -2.23. The van der Waals surface area contributed by atoms with Crippen LogP contribution in [0.2, 0.25) is 0 Å². The molecule has 0 unspecified atom stereocenters. The van der Waals surface area contributed by atoms with E-state index in [9.17, 15) is 0 Å². The van der Waals surface area contributed by atoms with Gasteiger partial charge < -0.3 is 14.0 Å². The molecule has 1 atom stereocenters. The van der Waals surface area contributed by atoms with Gasteiger partial charge in [0, 0.05) is 25.5 Å². The average molecular weight is 292 g/mol. The van der Waals surface area contributed by atoms with Crippen LogP contribution in [0.25, 0.3) is 10.7 Å². The van der Waals surface area contributed by atoms with Crippen molar-refractivity contribution in [2.24, 2.45) is 0 Å². The molecule has 0 spiro atoms. The zero-order chi connectivity index (χ0) is 13.6. The number of hydrogen-bond donors (Lipinski definition) is 0. The van der Waals surface area contributed by atoms with Crippen molar-refractivity contribution >= 4 is 11.3 Å². The molecule has 2 aromatic heterocycles. The number of imidazole rings is 1. The lowest BCUT2D eigenvalue weighted by molar-refractivity contribution is -0.162. The molecule has 0 N–H and O–H groups in total. The number of rotatable bonds is 6. The van der Waals surface area contributed by atoms with Gasteiger partial charge >= 0.3 is 0 Å². The molecule has 20 heavy (non-hydrogen) atoms. The van der Waals surface area contributed by atoms with Crippen molar-refractivity contribution in [3.63, 3.8) is 0 Å². The maximum absolute atomic E-state index is 5.76. The summed E-state index contributed by atoms with van der Waals surface area (Å²) in [5, 5.41) is 2.08. The second kappa shape index (κ2) is 7.02. The fraction of sp³-hybridized carbons (Fsp3) is 0.533. The molecule has 0 aliphatic carbocycles. The highest BCUT2D eigenvalue weighted by molar-refractivity contribution is 7.13. The summed E-state index contributed by atoms with van der Waals surface area (Å²) in [6.07, 6.45) is 8.31. The largest absolute Gasteiger partial charge is 0.353 e. The van der Waals surface area contributed by atoms with E-state index in [2.05, 4.69) is 27.1 Å². The first kappa shape index (κ1) is 13.8. The molecular weight excluding hydrogens is 272 g/mol. The first-order valence-electron chi connectivity index (χ1n) is 7.22. The topological polar surface area (TPSA) is 36.3 Å². The maximum atomic E-state index is 5.76. The van der Waals surface area contributed by atoms with E-state index in [4.69, 9.17) is 9.47 Å². The third kappa shape index (κ3) is 3.48. The Morgan fingerprint density at radius 1 is 1.45 bits per heavy atom. The summed E-state index contributed by atoms with van der Waals surface area (Å²) in [5.41, 5.74) is 0. The SMILES string of the molecule is c1csc(-c2nccn2CCCO[C@@H]2CCCCO2)c1. The summed E-state index contributed by atoms with van der Waals surface area (Å²) in [6, 6.07) is 4.17. The highest BCUT2D eigenvalue weighted by Crippen LogP contribution is 2.23. The molecule has 1 fully saturated rings. The van der Waals surface area contributed by atoms with Crippen LogP contribution in [0.1, 0.15) is 25.7 Å². The van der Waals surface area contributed by atoms with Crippen LogP contribution in [0.15, 0.2) is 29.9 Å². The smallest absolute Gasteiger partial charge is 0.157 e. The van der Waals surface area contributed by atoms with Crippen LogP contribution < -0.4 is 0 Å². The van der Waals surface area contributed by atoms with Crippen LogP contribution in [0, 0.1) is 0 Å². The normalized spacial score (nSPS) is 19.3. The maximum Gasteiger partial charge on any atom is 0.157 e. The molecule has 108 valence electrons. The molecule has 3 heterocycles. The molecule has 1 aliphatic heterocycles. The summed E-state index contributed by atoms with van der Waals surface area (Å²) in [7, 11) is 0. The van der Waals surface area contributed by atoms with Gasteiger partial charge in [-0.1, -0.05) is 6.07 Å². The van der Waals surface area contributed by atoms with E-state index < -0.39 is 0 Å². The van der Waals surface area contributed by atoms with Crippen LogP contribution in [0.3, 0.4) is 0 Å². The van der Waals surface area contributed by atoms with Crippen molar-refractivity contribution in [1.82, 2.24) is 9.55 Å². The van der Waals surface area contributed by atoms with E-state index in [-0.39, 0.29) is 6.29 Å². The summed E-state index contributed by atoms with van der Waals surface area (Å²) in [5.74, 6) is 1.05. The molecule has 0 radical (unpaired) electrons. The van der Waals surface area contributed by atoms with Crippen molar-refractivity contribution in [3.8, 4) is 10.7 Å². The highest BCUT2D eigenvalue weighted by atomic mass is 32.1. The van der Waals surface area contributed by atoms with Gasteiger partial charge in [0.25, 0.3) is 0 Å². The van der Waals surface area contributed by atoms with Crippen LogP contribution >= 0.6 is 11.3 Å². The molecule has 0 aromatic carbocycles. The molecule has 3 rings (SSSR count). The fourth-order valence-corrected chi connectivity index (χ4v) is 3.15. The Bertz CT molecular complexity index is 504. The Balaban J connectivity index is 1.46. The Morgan fingerprint density at radius 3 is 3.25 bits per heavy atom. The van der Waals surface area contributed by atoms with Crippen LogP contribution in [0.4, 0.5) is 0 Å². The predicted octanol–water partition coefficient (Wildman–Crippen LogP) is 3.54. The first-order chi connectivity index (χ1) is 9.93. The molecule has 0 bridgehead atoms. The van der Waals surface area contributed by atoms with Gasteiger partial charge in [0.05, 0.1) is 11.5 Å². The molecule has 0 amide bonds. The summed E-state index contributed by atoms with van der Waals surface area (Å²) >= 11 is 1.72. The number of aryl methyl sites for hydroxylation is 1. The Hall–Kier alpha value is -1.17. The third-order valence-electron chi connectivity index (χ3n) is 3.44. The Labute approximate surface area is 123 Å². The van der Waals surface area contributed by atoms with Crippen molar-refractivity contribution in [3.05, 3.63) is 29.9 Å². The summed E-state index contributed by atoms with van der Waals surface area (Å²) in [4.78, 5) is 5.65. The number of hydrogen-bond acceptors (Lipinski definition) is 4. The Kier molecular flexibility index (Phi) is 4.84. The van der Waals surface area contributed by atoms with Crippen molar-refractivity contribution in [2.45, 2.75) is 38.5 Å². The van der Waals surface area contributed by atoms with E-state index >= 15 is 0 Å². The summed E-state index contributed by atoms with van der Waals surface area (Å²) in [6.45, 7) is 2.52.